The SMILES string of the molecule is CCCC[Si](CCCC)(CCCC)CC([Si](CCCC)(CCCC)CCCC)(S(=O)(=O)O)S(=O)(=O)O. The summed E-state index contributed by atoms with van der Waals surface area (Å²) in [6.45, 7) is 12.4. The van der Waals surface area contributed by atoms with E-state index in [0.717, 1.165) is 95.2 Å². The Balaban J connectivity index is 7.55. The summed E-state index contributed by atoms with van der Waals surface area (Å²) >= 11 is 0. The molecule has 0 fully saturated rings. The lowest BCUT2D eigenvalue weighted by atomic mass is 10.4. The van der Waals surface area contributed by atoms with Gasteiger partial charge in [-0.25, -0.2) is 0 Å². The molecule has 0 amide bonds. The van der Waals surface area contributed by atoms with Crippen LogP contribution in [0.15, 0.2) is 0 Å². The second-order valence-corrected chi connectivity index (χ2v) is 25.3. The third-order valence-corrected chi connectivity index (χ3v) is 27.9. The number of hydrogen-bond acceptors (Lipinski definition) is 4. The minimum atomic E-state index is -5.08. The van der Waals surface area contributed by atoms with Crippen LogP contribution < -0.4 is 0 Å². The molecule has 0 heterocycles. The fourth-order valence-electron chi connectivity index (χ4n) is 6.33. The summed E-state index contributed by atoms with van der Waals surface area (Å²) in [7, 11) is -15.9. The smallest absolute Gasteiger partial charge is 0.284 e. The van der Waals surface area contributed by atoms with Crippen molar-refractivity contribution in [3.8, 4) is 0 Å². The Labute approximate surface area is 226 Å². The first-order chi connectivity index (χ1) is 16.8. The highest BCUT2D eigenvalue weighted by atomic mass is 32.3. The van der Waals surface area contributed by atoms with E-state index < -0.39 is 40.1 Å². The van der Waals surface area contributed by atoms with Gasteiger partial charge in [-0.15, -0.1) is 0 Å². The molecule has 0 atom stereocenters. The average molecular weight is 587 g/mol. The second kappa shape index (κ2) is 17.1. The van der Waals surface area contributed by atoms with E-state index in [2.05, 4.69) is 20.8 Å². The van der Waals surface area contributed by atoms with Crippen molar-refractivity contribution in [3.05, 3.63) is 0 Å². The van der Waals surface area contributed by atoms with E-state index in [4.69, 9.17) is 0 Å². The van der Waals surface area contributed by atoms with Crippen molar-refractivity contribution in [2.75, 3.05) is 0 Å². The standard InChI is InChI=1S/C26H58O6S2Si2/c1-7-13-19-35(20-14-8-2,21-15-9-3)25-26(33(27,28)29,34(30,31)32)36(22-16-10-4,23-17-11-5)24-18-12-6/h7-25H2,1-6H3,(H,27,28,29)(H,30,31,32). The predicted molar refractivity (Wildman–Crippen MR) is 160 cm³/mol. The molecule has 0 aliphatic heterocycles. The zero-order valence-electron chi connectivity index (χ0n) is 24.3. The molecule has 0 saturated heterocycles. The Kier molecular flexibility index (Phi) is 17.2. The molecule has 0 aliphatic rings. The van der Waals surface area contributed by atoms with E-state index in [1.807, 2.05) is 20.8 Å². The maximum absolute atomic E-state index is 13.6. The van der Waals surface area contributed by atoms with E-state index in [1.165, 1.54) is 0 Å². The summed E-state index contributed by atoms with van der Waals surface area (Å²) in [6, 6.07) is 4.10. The van der Waals surface area contributed by atoms with Gasteiger partial charge in [0.15, 0.2) is 0 Å². The molecule has 2 N–H and O–H groups in total. The van der Waals surface area contributed by atoms with Crippen molar-refractivity contribution in [2.24, 2.45) is 0 Å². The molecule has 6 nitrogen and oxygen atoms in total. The van der Waals surface area contributed by atoms with Gasteiger partial charge in [0.25, 0.3) is 20.2 Å². The molecular weight excluding hydrogens is 529 g/mol. The van der Waals surface area contributed by atoms with Crippen LogP contribution in [-0.4, -0.2) is 45.8 Å². The summed E-state index contributed by atoms with van der Waals surface area (Å²) in [4.78, 5) is 0. The van der Waals surface area contributed by atoms with E-state index in [-0.39, 0.29) is 6.04 Å². The van der Waals surface area contributed by atoms with Crippen molar-refractivity contribution >= 4 is 36.4 Å². The molecule has 0 aliphatic carbocycles. The Hall–Kier alpha value is 0.254. The zero-order chi connectivity index (χ0) is 27.9. The van der Waals surface area contributed by atoms with Crippen molar-refractivity contribution in [1.82, 2.24) is 0 Å². The summed E-state index contributed by atoms with van der Waals surface area (Å²) < 4.78 is 74.1. The third kappa shape index (κ3) is 9.47. The maximum atomic E-state index is 13.6. The van der Waals surface area contributed by atoms with Gasteiger partial charge in [-0.05, 0) is 6.04 Å². The quantitative estimate of drug-likeness (QED) is 0.0915. The van der Waals surface area contributed by atoms with Crippen LogP contribution in [0.3, 0.4) is 0 Å². The van der Waals surface area contributed by atoms with Crippen LogP contribution >= 0.6 is 0 Å². The normalized spacial score (nSPS) is 13.9. The van der Waals surface area contributed by atoms with Crippen LogP contribution in [0.2, 0.25) is 42.3 Å². The van der Waals surface area contributed by atoms with Crippen molar-refractivity contribution < 1.29 is 25.9 Å². The van der Waals surface area contributed by atoms with Gasteiger partial charge in [-0.1, -0.05) is 155 Å². The lowest BCUT2D eigenvalue weighted by molar-refractivity contribution is 0.445. The molecule has 0 aromatic rings. The van der Waals surface area contributed by atoms with Crippen molar-refractivity contribution in [1.29, 1.82) is 0 Å². The van der Waals surface area contributed by atoms with Gasteiger partial charge >= 0.3 is 0 Å². The van der Waals surface area contributed by atoms with Crippen LogP contribution in [0.1, 0.15) is 119 Å². The number of hydrogen-bond donors (Lipinski definition) is 2. The third-order valence-electron chi connectivity index (χ3n) is 8.46. The summed E-state index contributed by atoms with van der Waals surface area (Å²) in [5, 5.41) is 0. The Bertz CT molecular complexity index is 724. The minimum absolute atomic E-state index is 0.0268. The Morgan fingerprint density at radius 2 is 0.750 bits per heavy atom. The van der Waals surface area contributed by atoms with E-state index in [1.54, 1.807) is 0 Å². The van der Waals surface area contributed by atoms with Crippen molar-refractivity contribution in [2.45, 2.75) is 165 Å². The lowest BCUT2D eigenvalue weighted by Crippen LogP contribution is -2.69. The highest BCUT2D eigenvalue weighted by Crippen LogP contribution is 2.51. The lowest BCUT2D eigenvalue weighted by Gasteiger charge is -2.49. The number of rotatable bonds is 23. The maximum Gasteiger partial charge on any atom is 0.284 e. The van der Waals surface area contributed by atoms with Gasteiger partial charge in [-0.2, -0.15) is 16.8 Å². The molecule has 0 aromatic heterocycles. The van der Waals surface area contributed by atoms with Crippen LogP contribution in [-0.2, 0) is 20.2 Å². The molecule has 0 radical (unpaired) electrons. The zero-order valence-corrected chi connectivity index (χ0v) is 27.9. The molecular formula is C26H58O6S2Si2. The highest BCUT2D eigenvalue weighted by Gasteiger charge is 2.69. The van der Waals surface area contributed by atoms with E-state index in [9.17, 15) is 25.9 Å². The van der Waals surface area contributed by atoms with Crippen LogP contribution in [0, 0.1) is 0 Å². The fourth-order valence-corrected chi connectivity index (χ4v) is 30.1. The Morgan fingerprint density at radius 3 is 0.972 bits per heavy atom. The molecule has 0 unspecified atom stereocenters. The number of unbranched alkanes of at least 4 members (excludes halogenated alkanes) is 6. The molecule has 36 heavy (non-hydrogen) atoms. The van der Waals surface area contributed by atoms with Gasteiger partial charge < -0.3 is 0 Å². The highest BCUT2D eigenvalue weighted by molar-refractivity contribution is 8.08. The molecule has 218 valence electrons. The summed E-state index contributed by atoms with van der Waals surface area (Å²) in [5.74, 6) is 0. The van der Waals surface area contributed by atoms with E-state index in [0.29, 0.717) is 18.1 Å². The first kappa shape index (κ1) is 36.3. The first-order valence-electron chi connectivity index (χ1n) is 14.8. The molecule has 10 heteroatoms. The first-order valence-corrected chi connectivity index (χ1v) is 23.1. The largest absolute Gasteiger partial charge is 0.285 e. The fraction of sp³-hybridized carbons (Fsp3) is 1.00. The molecule has 0 bridgehead atoms. The summed E-state index contributed by atoms with van der Waals surface area (Å²) in [5.41, 5.74) is 0. The predicted octanol–water partition coefficient (Wildman–Crippen LogP) is 8.70. The van der Waals surface area contributed by atoms with Gasteiger partial charge in [0, 0.05) is 0 Å². The molecule has 0 aromatic carbocycles. The monoisotopic (exact) mass is 586 g/mol. The Morgan fingerprint density at radius 1 is 0.500 bits per heavy atom. The minimum Gasteiger partial charge on any atom is -0.285 e. The van der Waals surface area contributed by atoms with Gasteiger partial charge in [-0.3, -0.25) is 9.11 Å². The van der Waals surface area contributed by atoms with Crippen LogP contribution in [0.4, 0.5) is 0 Å². The summed E-state index contributed by atoms with van der Waals surface area (Å²) in [6.07, 6.45) is 10.3. The van der Waals surface area contributed by atoms with Crippen molar-refractivity contribution in [3.63, 3.8) is 0 Å². The second-order valence-electron chi connectivity index (χ2n) is 11.3. The van der Waals surface area contributed by atoms with Crippen LogP contribution in [0.5, 0.6) is 0 Å². The van der Waals surface area contributed by atoms with Gasteiger partial charge in [0.1, 0.15) is 8.07 Å². The molecule has 0 rings (SSSR count). The molecule has 0 saturated carbocycles. The topological polar surface area (TPSA) is 109 Å². The molecule has 0 spiro atoms. The van der Waals surface area contributed by atoms with E-state index >= 15 is 0 Å². The van der Waals surface area contributed by atoms with Gasteiger partial charge in [0.05, 0.1) is 8.07 Å². The average Bonchev–Trinajstić information content (AvgIpc) is 2.81. The van der Waals surface area contributed by atoms with Gasteiger partial charge in [0.2, 0.25) is 3.70 Å². The van der Waals surface area contributed by atoms with Crippen LogP contribution in [0.25, 0.3) is 0 Å².